The van der Waals surface area contributed by atoms with Crippen LogP contribution in [-0.4, -0.2) is 23.4 Å². The molecule has 0 aliphatic heterocycles. The molecule has 104 valence electrons. The fraction of sp³-hybridized carbons (Fsp3) is 0.533. The second-order valence-electron chi connectivity index (χ2n) is 5.22. The van der Waals surface area contributed by atoms with E-state index in [0.717, 1.165) is 25.0 Å². The van der Waals surface area contributed by atoms with E-state index in [9.17, 15) is 4.79 Å². The lowest BCUT2D eigenvalue weighted by Crippen LogP contribution is -2.37. The Morgan fingerprint density at radius 1 is 1.42 bits per heavy atom. The molecule has 0 aromatic heterocycles. The number of nitrogens with one attached hydrogen (secondary N) is 1. The SMILES string of the molecule is CC(C)Oc1cccc(C(=O)NC2CCCC2Cl)c1. The van der Waals surface area contributed by atoms with Gasteiger partial charge in [-0.3, -0.25) is 4.79 Å². The topological polar surface area (TPSA) is 38.3 Å². The molecule has 0 bridgehead atoms. The predicted molar refractivity (Wildman–Crippen MR) is 77.0 cm³/mol. The Hall–Kier alpha value is -1.22. The van der Waals surface area contributed by atoms with Crippen molar-refractivity contribution in [2.75, 3.05) is 0 Å². The molecule has 1 N–H and O–H groups in total. The maximum Gasteiger partial charge on any atom is 0.251 e. The number of hydrogen-bond donors (Lipinski definition) is 1. The summed E-state index contributed by atoms with van der Waals surface area (Å²) in [6.45, 7) is 3.92. The fourth-order valence-corrected chi connectivity index (χ4v) is 2.66. The van der Waals surface area contributed by atoms with Gasteiger partial charge in [-0.1, -0.05) is 6.07 Å². The van der Waals surface area contributed by atoms with Crippen LogP contribution in [0.4, 0.5) is 0 Å². The standard InChI is InChI=1S/C15H20ClNO2/c1-10(2)19-12-6-3-5-11(9-12)15(18)17-14-8-4-7-13(14)16/h3,5-6,9-10,13-14H,4,7-8H2,1-2H3,(H,17,18). The van der Waals surface area contributed by atoms with Gasteiger partial charge in [-0.05, 0) is 51.3 Å². The zero-order chi connectivity index (χ0) is 13.8. The minimum atomic E-state index is -0.0771. The third kappa shape index (κ3) is 3.87. The Morgan fingerprint density at radius 2 is 2.21 bits per heavy atom. The van der Waals surface area contributed by atoms with Crippen molar-refractivity contribution >= 4 is 17.5 Å². The van der Waals surface area contributed by atoms with Crippen molar-refractivity contribution < 1.29 is 9.53 Å². The van der Waals surface area contributed by atoms with Crippen LogP contribution in [-0.2, 0) is 0 Å². The second-order valence-corrected chi connectivity index (χ2v) is 5.78. The van der Waals surface area contributed by atoms with Gasteiger partial charge in [0.05, 0.1) is 11.5 Å². The summed E-state index contributed by atoms with van der Waals surface area (Å²) in [5.41, 5.74) is 0.619. The predicted octanol–water partition coefficient (Wildman–Crippen LogP) is 3.36. The van der Waals surface area contributed by atoms with Gasteiger partial charge in [0.25, 0.3) is 5.91 Å². The minimum absolute atomic E-state index is 0.0547. The number of ether oxygens (including phenoxy) is 1. The van der Waals surface area contributed by atoms with Gasteiger partial charge in [-0.2, -0.15) is 0 Å². The van der Waals surface area contributed by atoms with E-state index in [1.807, 2.05) is 26.0 Å². The Morgan fingerprint density at radius 3 is 2.84 bits per heavy atom. The molecule has 0 spiro atoms. The number of benzene rings is 1. The Kier molecular flexibility index (Phi) is 4.70. The van der Waals surface area contributed by atoms with E-state index in [-0.39, 0.29) is 23.4 Å². The van der Waals surface area contributed by atoms with Gasteiger partial charge < -0.3 is 10.1 Å². The van der Waals surface area contributed by atoms with Crippen molar-refractivity contribution in [2.45, 2.75) is 50.6 Å². The largest absolute Gasteiger partial charge is 0.491 e. The van der Waals surface area contributed by atoms with Crippen molar-refractivity contribution in [1.82, 2.24) is 5.32 Å². The average Bonchev–Trinajstić information content (AvgIpc) is 2.74. The van der Waals surface area contributed by atoms with E-state index in [1.165, 1.54) is 0 Å². The number of halogens is 1. The van der Waals surface area contributed by atoms with Crippen molar-refractivity contribution in [3.63, 3.8) is 0 Å². The number of carbonyl (C=O) groups excluding carboxylic acids is 1. The highest BCUT2D eigenvalue weighted by molar-refractivity contribution is 6.21. The number of hydrogen-bond acceptors (Lipinski definition) is 2. The highest BCUT2D eigenvalue weighted by Crippen LogP contribution is 2.24. The smallest absolute Gasteiger partial charge is 0.251 e. The van der Waals surface area contributed by atoms with Gasteiger partial charge in [0.2, 0.25) is 0 Å². The quantitative estimate of drug-likeness (QED) is 0.860. The van der Waals surface area contributed by atoms with Gasteiger partial charge in [-0.15, -0.1) is 11.6 Å². The van der Waals surface area contributed by atoms with Crippen molar-refractivity contribution in [1.29, 1.82) is 0 Å². The van der Waals surface area contributed by atoms with E-state index >= 15 is 0 Å². The molecule has 19 heavy (non-hydrogen) atoms. The first-order valence-corrected chi connectivity index (χ1v) is 7.21. The lowest BCUT2D eigenvalue weighted by molar-refractivity contribution is 0.0937. The van der Waals surface area contributed by atoms with E-state index in [1.54, 1.807) is 12.1 Å². The maximum absolute atomic E-state index is 12.2. The zero-order valence-electron chi connectivity index (χ0n) is 11.4. The summed E-state index contributed by atoms with van der Waals surface area (Å²) >= 11 is 6.17. The summed E-state index contributed by atoms with van der Waals surface area (Å²) in [7, 11) is 0. The van der Waals surface area contributed by atoms with E-state index in [2.05, 4.69) is 5.32 Å². The molecule has 1 saturated carbocycles. The van der Waals surface area contributed by atoms with Crippen LogP contribution < -0.4 is 10.1 Å². The molecule has 1 aromatic carbocycles. The Labute approximate surface area is 119 Å². The molecule has 1 aromatic rings. The summed E-state index contributed by atoms with van der Waals surface area (Å²) in [4.78, 5) is 12.2. The van der Waals surface area contributed by atoms with E-state index in [4.69, 9.17) is 16.3 Å². The summed E-state index contributed by atoms with van der Waals surface area (Å²) in [5, 5.41) is 3.05. The number of rotatable bonds is 4. The van der Waals surface area contributed by atoms with Gasteiger partial charge in [0.15, 0.2) is 0 Å². The Balaban J connectivity index is 2.02. The molecule has 1 fully saturated rings. The molecule has 4 heteroatoms. The summed E-state index contributed by atoms with van der Waals surface area (Å²) in [5.74, 6) is 0.642. The molecule has 2 rings (SSSR count). The van der Waals surface area contributed by atoms with E-state index < -0.39 is 0 Å². The van der Waals surface area contributed by atoms with Crippen LogP contribution in [0.15, 0.2) is 24.3 Å². The van der Waals surface area contributed by atoms with Crippen molar-refractivity contribution in [2.24, 2.45) is 0 Å². The summed E-state index contributed by atoms with van der Waals surface area (Å²) < 4.78 is 5.59. The first kappa shape index (κ1) is 14.2. The highest BCUT2D eigenvalue weighted by atomic mass is 35.5. The molecule has 2 unspecified atom stereocenters. The van der Waals surface area contributed by atoms with Gasteiger partial charge in [-0.25, -0.2) is 0 Å². The third-order valence-corrected chi connectivity index (χ3v) is 3.74. The van der Waals surface area contributed by atoms with Crippen LogP contribution in [0.1, 0.15) is 43.5 Å². The lowest BCUT2D eigenvalue weighted by atomic mass is 10.1. The average molecular weight is 282 g/mol. The second kappa shape index (κ2) is 6.29. The van der Waals surface area contributed by atoms with Crippen molar-refractivity contribution in [3.8, 4) is 5.75 Å². The molecule has 0 radical (unpaired) electrons. The number of amides is 1. The van der Waals surface area contributed by atoms with Gasteiger partial charge >= 0.3 is 0 Å². The van der Waals surface area contributed by atoms with Crippen molar-refractivity contribution in [3.05, 3.63) is 29.8 Å². The molecule has 1 amide bonds. The lowest BCUT2D eigenvalue weighted by Gasteiger charge is -2.16. The summed E-state index contributed by atoms with van der Waals surface area (Å²) in [6, 6.07) is 7.34. The molecule has 0 saturated heterocycles. The molecule has 1 aliphatic rings. The van der Waals surface area contributed by atoms with Crippen LogP contribution in [0.2, 0.25) is 0 Å². The number of carbonyl (C=O) groups is 1. The van der Waals surface area contributed by atoms with Crippen LogP contribution in [0.25, 0.3) is 0 Å². The summed E-state index contributed by atoms with van der Waals surface area (Å²) in [6.07, 6.45) is 3.11. The Bertz CT molecular complexity index is 448. The zero-order valence-corrected chi connectivity index (χ0v) is 12.1. The molecular weight excluding hydrogens is 262 g/mol. The van der Waals surface area contributed by atoms with E-state index in [0.29, 0.717) is 5.56 Å². The van der Waals surface area contributed by atoms with Crippen LogP contribution in [0.5, 0.6) is 5.75 Å². The van der Waals surface area contributed by atoms with Crippen LogP contribution in [0, 0.1) is 0 Å². The minimum Gasteiger partial charge on any atom is -0.491 e. The maximum atomic E-state index is 12.2. The van der Waals surface area contributed by atoms with Crippen LogP contribution >= 0.6 is 11.6 Å². The highest BCUT2D eigenvalue weighted by Gasteiger charge is 2.26. The fourth-order valence-electron chi connectivity index (χ4n) is 2.31. The first-order chi connectivity index (χ1) is 9.06. The molecule has 1 aliphatic carbocycles. The normalized spacial score (nSPS) is 22.5. The van der Waals surface area contributed by atoms with Crippen LogP contribution in [0.3, 0.4) is 0 Å². The molecule has 2 atom stereocenters. The van der Waals surface area contributed by atoms with Gasteiger partial charge in [0.1, 0.15) is 5.75 Å². The third-order valence-electron chi connectivity index (χ3n) is 3.22. The molecule has 0 heterocycles. The first-order valence-electron chi connectivity index (χ1n) is 6.78. The molecule has 3 nitrogen and oxygen atoms in total. The number of alkyl halides is 1. The monoisotopic (exact) mass is 281 g/mol. The molecular formula is C15H20ClNO2. The van der Waals surface area contributed by atoms with Gasteiger partial charge in [0, 0.05) is 11.6 Å².